The van der Waals surface area contributed by atoms with Crippen LogP contribution in [-0.4, -0.2) is 43.4 Å². The van der Waals surface area contributed by atoms with Crippen molar-refractivity contribution in [1.82, 2.24) is 4.90 Å². The second-order valence-corrected chi connectivity index (χ2v) is 9.59. The fraction of sp³-hybridized carbons (Fsp3) is 0.316. The van der Waals surface area contributed by atoms with Gasteiger partial charge in [-0.05, 0) is 48.4 Å². The van der Waals surface area contributed by atoms with Crippen LogP contribution in [0.1, 0.15) is 12.0 Å². The van der Waals surface area contributed by atoms with Crippen LogP contribution in [0.2, 0.25) is 0 Å². The van der Waals surface area contributed by atoms with Crippen LogP contribution in [0.3, 0.4) is 0 Å². The number of benzene rings is 2. The molecule has 1 saturated heterocycles. The normalized spacial score (nSPS) is 18.2. The van der Waals surface area contributed by atoms with Crippen LogP contribution in [0.25, 0.3) is 0 Å². The van der Waals surface area contributed by atoms with Gasteiger partial charge in [-0.1, -0.05) is 28.1 Å². The van der Waals surface area contributed by atoms with E-state index in [2.05, 4.69) is 15.9 Å². The van der Waals surface area contributed by atoms with Gasteiger partial charge >= 0.3 is 0 Å². The summed E-state index contributed by atoms with van der Waals surface area (Å²) in [5, 5.41) is 0. The van der Waals surface area contributed by atoms with Crippen molar-refractivity contribution in [3.63, 3.8) is 0 Å². The van der Waals surface area contributed by atoms with Crippen LogP contribution in [0.15, 0.2) is 53.0 Å². The first kappa shape index (κ1) is 19.8. The second kappa shape index (κ2) is 8.39. The SMILES string of the molecule is O=C(COc1ccc(Br)cc1)N(Cc1ccc(F)cc1)C1CCS(=O)(=O)C1. The smallest absolute Gasteiger partial charge is 0.261 e. The maximum atomic E-state index is 13.1. The zero-order valence-electron chi connectivity index (χ0n) is 14.5. The van der Waals surface area contributed by atoms with Crippen LogP contribution in [-0.2, 0) is 21.2 Å². The van der Waals surface area contributed by atoms with Crippen molar-refractivity contribution in [3.8, 4) is 5.75 Å². The number of amides is 1. The summed E-state index contributed by atoms with van der Waals surface area (Å²) in [6, 6.07) is 12.5. The number of carbonyl (C=O) groups is 1. The molecule has 0 radical (unpaired) electrons. The van der Waals surface area contributed by atoms with Gasteiger partial charge in [0.05, 0.1) is 11.5 Å². The van der Waals surface area contributed by atoms with Crippen molar-refractivity contribution in [1.29, 1.82) is 0 Å². The Morgan fingerprint density at radius 2 is 1.81 bits per heavy atom. The summed E-state index contributed by atoms with van der Waals surface area (Å²) in [4.78, 5) is 14.3. The fourth-order valence-corrected chi connectivity index (χ4v) is 4.98. The van der Waals surface area contributed by atoms with Gasteiger partial charge in [-0.2, -0.15) is 0 Å². The molecule has 0 aromatic heterocycles. The standard InChI is InChI=1S/C19H19BrFNO4S/c20-15-3-7-18(8-4-15)26-12-19(23)22(17-9-10-27(24,25)13-17)11-14-1-5-16(21)6-2-14/h1-8,17H,9-13H2. The lowest BCUT2D eigenvalue weighted by molar-refractivity contribution is -0.136. The molecule has 1 aliphatic rings. The molecule has 27 heavy (non-hydrogen) atoms. The number of carbonyl (C=O) groups excluding carboxylic acids is 1. The predicted octanol–water partition coefficient (Wildman–Crippen LogP) is 3.18. The summed E-state index contributed by atoms with van der Waals surface area (Å²) in [6.45, 7) is 0.0162. The lowest BCUT2D eigenvalue weighted by atomic mass is 10.1. The first-order valence-corrected chi connectivity index (χ1v) is 11.1. The molecule has 144 valence electrons. The molecule has 0 aliphatic carbocycles. The molecule has 1 unspecified atom stereocenters. The quantitative estimate of drug-likeness (QED) is 0.670. The van der Waals surface area contributed by atoms with Crippen LogP contribution in [0, 0.1) is 5.82 Å². The third-order valence-electron chi connectivity index (χ3n) is 4.41. The zero-order valence-corrected chi connectivity index (χ0v) is 16.9. The van der Waals surface area contributed by atoms with E-state index in [9.17, 15) is 17.6 Å². The molecule has 1 amide bonds. The number of rotatable bonds is 6. The van der Waals surface area contributed by atoms with Gasteiger partial charge in [0.1, 0.15) is 11.6 Å². The molecular weight excluding hydrogens is 437 g/mol. The zero-order chi connectivity index (χ0) is 19.4. The molecule has 0 bridgehead atoms. The molecule has 0 saturated carbocycles. The Balaban J connectivity index is 1.72. The lowest BCUT2D eigenvalue weighted by Crippen LogP contribution is -2.43. The number of nitrogens with zero attached hydrogens (tertiary/aromatic N) is 1. The largest absolute Gasteiger partial charge is 0.484 e. The van der Waals surface area contributed by atoms with E-state index in [1.165, 1.54) is 17.0 Å². The van der Waals surface area contributed by atoms with E-state index in [-0.39, 0.29) is 36.4 Å². The minimum atomic E-state index is -3.14. The second-order valence-electron chi connectivity index (χ2n) is 6.45. The Morgan fingerprint density at radius 3 is 2.41 bits per heavy atom. The first-order chi connectivity index (χ1) is 12.8. The van der Waals surface area contributed by atoms with Gasteiger partial charge in [0.2, 0.25) is 0 Å². The van der Waals surface area contributed by atoms with Gasteiger partial charge < -0.3 is 9.64 Å². The fourth-order valence-electron chi connectivity index (χ4n) is 2.99. The molecular formula is C19H19BrFNO4S. The van der Waals surface area contributed by atoms with Crippen LogP contribution in [0.4, 0.5) is 4.39 Å². The molecule has 2 aromatic carbocycles. The van der Waals surface area contributed by atoms with Gasteiger partial charge in [-0.3, -0.25) is 4.79 Å². The van der Waals surface area contributed by atoms with Crippen LogP contribution < -0.4 is 4.74 Å². The summed E-state index contributed by atoms with van der Waals surface area (Å²) in [5.74, 6) is -0.105. The highest BCUT2D eigenvalue weighted by Gasteiger charge is 2.34. The summed E-state index contributed by atoms with van der Waals surface area (Å²) >= 11 is 3.33. The first-order valence-electron chi connectivity index (χ1n) is 8.45. The van der Waals surface area contributed by atoms with Crippen LogP contribution in [0.5, 0.6) is 5.75 Å². The van der Waals surface area contributed by atoms with E-state index in [1.807, 2.05) is 0 Å². The highest BCUT2D eigenvalue weighted by Crippen LogP contribution is 2.21. The molecule has 0 N–H and O–H groups in total. The number of hydrogen-bond donors (Lipinski definition) is 0. The highest BCUT2D eigenvalue weighted by atomic mass is 79.9. The Kier molecular flexibility index (Phi) is 6.16. The third kappa shape index (κ3) is 5.52. The van der Waals surface area contributed by atoms with Gasteiger partial charge in [0, 0.05) is 17.1 Å². The Labute approximate surface area is 166 Å². The molecule has 8 heteroatoms. The maximum Gasteiger partial charge on any atom is 0.261 e. The van der Waals surface area contributed by atoms with E-state index < -0.39 is 15.9 Å². The van der Waals surface area contributed by atoms with Gasteiger partial charge in [0.25, 0.3) is 5.91 Å². The van der Waals surface area contributed by atoms with Gasteiger partial charge in [-0.15, -0.1) is 0 Å². The van der Waals surface area contributed by atoms with Crippen molar-refractivity contribution >= 4 is 31.7 Å². The van der Waals surface area contributed by atoms with E-state index in [0.717, 1.165) is 10.0 Å². The average molecular weight is 456 g/mol. The van der Waals surface area contributed by atoms with Gasteiger partial charge in [0.15, 0.2) is 16.4 Å². The van der Waals surface area contributed by atoms with Crippen molar-refractivity contribution in [2.75, 3.05) is 18.1 Å². The molecule has 1 fully saturated rings. The molecule has 1 heterocycles. The summed E-state index contributed by atoms with van der Waals surface area (Å²) in [5.41, 5.74) is 0.734. The maximum absolute atomic E-state index is 13.1. The number of ether oxygens (including phenoxy) is 1. The Hall–Kier alpha value is -1.93. The van der Waals surface area contributed by atoms with Gasteiger partial charge in [-0.25, -0.2) is 12.8 Å². The van der Waals surface area contributed by atoms with E-state index >= 15 is 0 Å². The van der Waals surface area contributed by atoms with E-state index in [1.54, 1.807) is 36.4 Å². The molecule has 1 aliphatic heterocycles. The molecule has 2 aromatic rings. The summed E-state index contributed by atoms with van der Waals surface area (Å²) in [6.07, 6.45) is 0.396. The predicted molar refractivity (Wildman–Crippen MR) is 104 cm³/mol. The average Bonchev–Trinajstić information content (AvgIpc) is 3.00. The van der Waals surface area contributed by atoms with Crippen molar-refractivity contribution < 1.29 is 22.3 Å². The summed E-state index contributed by atoms with van der Waals surface area (Å²) in [7, 11) is -3.14. The summed E-state index contributed by atoms with van der Waals surface area (Å²) < 4.78 is 43.3. The molecule has 0 spiro atoms. The van der Waals surface area contributed by atoms with Crippen LogP contribution >= 0.6 is 15.9 Å². The monoisotopic (exact) mass is 455 g/mol. The minimum absolute atomic E-state index is 0.0573. The molecule has 5 nitrogen and oxygen atoms in total. The van der Waals surface area contributed by atoms with Crippen molar-refractivity contribution in [2.24, 2.45) is 0 Å². The Bertz CT molecular complexity index is 900. The number of hydrogen-bond acceptors (Lipinski definition) is 4. The molecule has 3 rings (SSSR count). The highest BCUT2D eigenvalue weighted by molar-refractivity contribution is 9.10. The third-order valence-corrected chi connectivity index (χ3v) is 6.69. The minimum Gasteiger partial charge on any atom is -0.484 e. The number of halogens is 2. The lowest BCUT2D eigenvalue weighted by Gasteiger charge is -2.28. The van der Waals surface area contributed by atoms with Crippen molar-refractivity contribution in [3.05, 3.63) is 64.4 Å². The van der Waals surface area contributed by atoms with E-state index in [0.29, 0.717) is 12.2 Å². The van der Waals surface area contributed by atoms with E-state index in [4.69, 9.17) is 4.74 Å². The van der Waals surface area contributed by atoms with Crippen molar-refractivity contribution in [2.45, 2.75) is 19.0 Å². The topological polar surface area (TPSA) is 63.7 Å². The Morgan fingerprint density at radius 1 is 1.15 bits per heavy atom. The molecule has 1 atom stereocenters. The number of sulfone groups is 1.